The number of aliphatic hydroxyl groups is 1. The lowest BCUT2D eigenvalue weighted by atomic mass is 9.76. The lowest BCUT2D eigenvalue weighted by Gasteiger charge is -2.44. The van der Waals surface area contributed by atoms with Crippen LogP contribution >= 0.6 is 0 Å². The Morgan fingerprint density at radius 3 is 2.84 bits per heavy atom. The van der Waals surface area contributed by atoms with Crippen molar-refractivity contribution in [3.63, 3.8) is 0 Å². The smallest absolute Gasteiger partial charge is 0.319 e. The van der Waals surface area contributed by atoms with E-state index in [0.717, 1.165) is 38.6 Å². The number of fused-ring (bicyclic) bond motifs is 3. The van der Waals surface area contributed by atoms with Crippen LogP contribution in [0.2, 0.25) is 0 Å². The summed E-state index contributed by atoms with van der Waals surface area (Å²) in [4.78, 5) is 18.0. The molecule has 2 aromatic carbocycles. The fourth-order valence-corrected chi connectivity index (χ4v) is 7.64. The number of phenolic OH excluding ortho intramolecular Hbond substituents is 1. The van der Waals surface area contributed by atoms with Crippen LogP contribution in [0.1, 0.15) is 39.0 Å². The number of aromatic nitrogens is 3. The molecule has 0 bridgehead atoms. The second-order valence-corrected chi connectivity index (χ2v) is 13.0. The van der Waals surface area contributed by atoms with Crippen LogP contribution in [-0.2, 0) is 4.74 Å². The molecule has 3 atom stereocenters. The van der Waals surface area contributed by atoms with Crippen molar-refractivity contribution < 1.29 is 28.5 Å². The van der Waals surface area contributed by atoms with Gasteiger partial charge in [-0.25, -0.2) is 8.78 Å². The third-order valence-corrected chi connectivity index (χ3v) is 9.62. The summed E-state index contributed by atoms with van der Waals surface area (Å²) in [6.45, 7) is 4.26. The Hall–Kier alpha value is -3.67. The zero-order valence-corrected chi connectivity index (χ0v) is 25.0. The number of hydrogen-bond donors (Lipinski definition) is 2. The van der Waals surface area contributed by atoms with Gasteiger partial charge in [0.1, 0.15) is 34.2 Å². The quantitative estimate of drug-likeness (QED) is 0.323. The highest BCUT2D eigenvalue weighted by atomic mass is 19.1. The molecule has 1 aliphatic carbocycles. The highest BCUT2D eigenvalue weighted by molar-refractivity contribution is 6.00. The highest BCUT2D eigenvalue weighted by Crippen LogP contribution is 2.47. The molecule has 4 heterocycles. The normalized spacial score (nSPS) is 26.2. The van der Waals surface area contributed by atoms with Crippen molar-refractivity contribution in [1.29, 1.82) is 0 Å². The number of pyridine rings is 1. The van der Waals surface area contributed by atoms with Crippen molar-refractivity contribution in [2.45, 2.75) is 50.7 Å². The topological polar surface area (TPSA) is 104 Å². The van der Waals surface area contributed by atoms with Crippen LogP contribution in [0.4, 0.5) is 14.6 Å². The number of ether oxygens (including phenoxy) is 2. The van der Waals surface area contributed by atoms with E-state index in [1.807, 2.05) is 4.90 Å². The maximum atomic E-state index is 16.7. The van der Waals surface area contributed by atoms with Gasteiger partial charge in [0.05, 0.1) is 31.8 Å². The minimum atomic E-state index is -1.17. The summed E-state index contributed by atoms with van der Waals surface area (Å²) in [5.41, 5.74) is -1.25. The fraction of sp³-hybridized carbons (Fsp3) is 0.485. The molecule has 0 spiro atoms. The van der Waals surface area contributed by atoms with Crippen molar-refractivity contribution in [3.05, 3.63) is 48.2 Å². The molecule has 0 amide bonds. The number of rotatable bonds is 5. The van der Waals surface area contributed by atoms with Crippen molar-refractivity contribution >= 4 is 27.5 Å². The van der Waals surface area contributed by atoms with Gasteiger partial charge < -0.3 is 29.5 Å². The molecule has 2 aromatic heterocycles. The number of likely N-dealkylation sites (tertiary alicyclic amines) is 1. The van der Waals surface area contributed by atoms with Gasteiger partial charge in [-0.15, -0.1) is 0 Å². The molecule has 4 aromatic rings. The summed E-state index contributed by atoms with van der Waals surface area (Å²) in [6, 6.07) is 7.66. The van der Waals surface area contributed by atoms with Gasteiger partial charge in [0, 0.05) is 35.1 Å². The van der Waals surface area contributed by atoms with E-state index in [1.165, 1.54) is 30.5 Å². The van der Waals surface area contributed by atoms with Crippen LogP contribution < -0.4 is 9.64 Å². The highest BCUT2D eigenvalue weighted by Gasteiger charge is 2.47. The minimum absolute atomic E-state index is 0.0223. The molecule has 2 N–H and O–H groups in total. The van der Waals surface area contributed by atoms with E-state index in [1.54, 1.807) is 13.0 Å². The number of phenols is 1. The first kappa shape index (κ1) is 29.1. The van der Waals surface area contributed by atoms with Gasteiger partial charge >= 0.3 is 6.01 Å². The molecule has 44 heavy (non-hydrogen) atoms. The average molecular weight is 606 g/mol. The Bertz CT molecular complexity index is 1740. The Morgan fingerprint density at radius 2 is 1.98 bits per heavy atom. The average Bonchev–Trinajstić information content (AvgIpc) is 3.34. The number of piperidine rings is 1. The molecule has 3 fully saturated rings. The third-order valence-electron chi connectivity index (χ3n) is 9.62. The lowest BCUT2D eigenvalue weighted by molar-refractivity contribution is -0.0123. The van der Waals surface area contributed by atoms with E-state index in [2.05, 4.69) is 21.9 Å². The summed E-state index contributed by atoms with van der Waals surface area (Å²) in [5.74, 6) is -1.09. The Balaban J connectivity index is 1.36. The van der Waals surface area contributed by atoms with E-state index < -0.39 is 17.2 Å². The van der Waals surface area contributed by atoms with Gasteiger partial charge in [-0.05, 0) is 69.8 Å². The molecule has 11 heteroatoms. The van der Waals surface area contributed by atoms with Crippen LogP contribution in [0.3, 0.4) is 0 Å². The Morgan fingerprint density at radius 1 is 1.14 bits per heavy atom. The molecular weight excluding hydrogens is 568 g/mol. The largest absolute Gasteiger partial charge is 0.508 e. The first-order valence-electron chi connectivity index (χ1n) is 15.3. The van der Waals surface area contributed by atoms with Crippen molar-refractivity contribution in [1.82, 2.24) is 19.9 Å². The van der Waals surface area contributed by atoms with Crippen LogP contribution in [0.15, 0.2) is 36.5 Å². The van der Waals surface area contributed by atoms with Gasteiger partial charge in [0.25, 0.3) is 0 Å². The fourth-order valence-electron chi connectivity index (χ4n) is 7.64. The van der Waals surface area contributed by atoms with Crippen molar-refractivity contribution in [2.24, 2.45) is 5.41 Å². The SMILES string of the molecule is CN1CCCC2(COc3nc(N4CCOC[C@@](C)(O)C4)c4cnc(-c5cc(O)cc6cccc(F)c56)c(F)c4n3)CCCC12. The first-order chi connectivity index (χ1) is 21.1. The molecule has 1 saturated carbocycles. The molecule has 2 unspecified atom stereocenters. The number of hydrogen-bond acceptors (Lipinski definition) is 9. The number of aromatic hydroxyl groups is 1. The summed E-state index contributed by atoms with van der Waals surface area (Å²) in [5, 5.41) is 22.3. The minimum Gasteiger partial charge on any atom is -0.508 e. The van der Waals surface area contributed by atoms with Crippen LogP contribution in [0.5, 0.6) is 11.8 Å². The molecule has 2 saturated heterocycles. The second kappa shape index (κ2) is 11.0. The van der Waals surface area contributed by atoms with Gasteiger partial charge in [-0.3, -0.25) is 4.98 Å². The summed E-state index contributed by atoms with van der Waals surface area (Å²) < 4.78 is 43.7. The van der Waals surface area contributed by atoms with Gasteiger partial charge in [0.15, 0.2) is 5.82 Å². The van der Waals surface area contributed by atoms with Crippen molar-refractivity contribution in [3.8, 4) is 23.0 Å². The number of β-amino-alcohol motifs (C(OH)–C–C–N with tert-alkyl or cyclic N) is 1. The number of anilines is 1. The Kier molecular flexibility index (Phi) is 7.30. The van der Waals surface area contributed by atoms with Crippen molar-refractivity contribution in [2.75, 3.05) is 51.4 Å². The van der Waals surface area contributed by atoms with Gasteiger partial charge in [-0.1, -0.05) is 18.6 Å². The van der Waals surface area contributed by atoms with E-state index in [-0.39, 0.29) is 52.5 Å². The zero-order chi connectivity index (χ0) is 30.6. The Labute approximate surface area is 254 Å². The van der Waals surface area contributed by atoms with Crippen LogP contribution in [0.25, 0.3) is 32.9 Å². The maximum absolute atomic E-state index is 16.7. The molecule has 232 valence electrons. The summed E-state index contributed by atoms with van der Waals surface area (Å²) in [7, 11) is 2.17. The van der Waals surface area contributed by atoms with Gasteiger partial charge in [0.2, 0.25) is 0 Å². The predicted octanol–water partition coefficient (Wildman–Crippen LogP) is 5.06. The van der Waals surface area contributed by atoms with E-state index >= 15 is 8.78 Å². The molecular formula is C33H37F2N5O4. The summed E-state index contributed by atoms with van der Waals surface area (Å²) >= 11 is 0. The predicted molar refractivity (Wildman–Crippen MR) is 163 cm³/mol. The molecule has 7 rings (SSSR count). The lowest BCUT2D eigenvalue weighted by Crippen LogP contribution is -2.50. The van der Waals surface area contributed by atoms with Crippen LogP contribution in [-0.4, -0.2) is 88.2 Å². The monoisotopic (exact) mass is 605 g/mol. The van der Waals surface area contributed by atoms with Gasteiger partial charge in [-0.2, -0.15) is 9.97 Å². The number of nitrogens with zero attached hydrogens (tertiary/aromatic N) is 5. The summed E-state index contributed by atoms with van der Waals surface area (Å²) in [6.07, 6.45) is 6.89. The first-order valence-corrected chi connectivity index (χ1v) is 15.3. The van der Waals surface area contributed by atoms with E-state index in [9.17, 15) is 10.2 Å². The molecule has 0 radical (unpaired) electrons. The third kappa shape index (κ3) is 5.10. The molecule has 3 aliphatic rings. The van der Waals surface area contributed by atoms with E-state index in [0.29, 0.717) is 42.4 Å². The second-order valence-electron chi connectivity index (χ2n) is 13.0. The number of benzene rings is 2. The molecule has 9 nitrogen and oxygen atoms in total. The molecule has 2 aliphatic heterocycles. The van der Waals surface area contributed by atoms with Crippen LogP contribution in [0, 0.1) is 17.0 Å². The maximum Gasteiger partial charge on any atom is 0.319 e. The van der Waals surface area contributed by atoms with E-state index in [4.69, 9.17) is 14.5 Å². The zero-order valence-electron chi connectivity index (χ0n) is 25.0. The number of halogens is 2. The standard InChI is InChI=1S/C33H37F2N5O4/c1-32(42)17-40(12-13-43-18-32)30-23-16-36-28(22-15-21(41)14-20-6-3-7-24(34)26(20)22)27(35)29(23)37-31(38-30)44-19-33-9-4-8-25(33)39(2)11-5-10-33/h3,6-7,14-16,25,41-42H,4-5,8-13,17-19H2,1-2H3/t25?,32-,33?/m0/s1.